The number of rotatable bonds is 5. The molecule has 0 aromatic carbocycles. The van der Waals surface area contributed by atoms with Gasteiger partial charge < -0.3 is 11.1 Å². The van der Waals surface area contributed by atoms with E-state index in [2.05, 4.69) is 25.5 Å². The zero-order valence-electron chi connectivity index (χ0n) is 13.5. The summed E-state index contributed by atoms with van der Waals surface area (Å²) in [6.45, 7) is 3.91. The van der Waals surface area contributed by atoms with E-state index in [0.717, 1.165) is 0 Å². The van der Waals surface area contributed by atoms with Crippen molar-refractivity contribution >= 4 is 34.7 Å². The molecule has 3 aromatic heterocycles. The molecule has 25 heavy (non-hydrogen) atoms. The zero-order chi connectivity index (χ0) is 18.0. The second-order valence-electron chi connectivity index (χ2n) is 5.78. The molecule has 128 valence electrons. The lowest BCUT2D eigenvalue weighted by Gasteiger charge is -2.26. The summed E-state index contributed by atoms with van der Waals surface area (Å²) in [6.07, 6.45) is 3.13. The first-order valence-electron chi connectivity index (χ1n) is 7.36. The average Bonchev–Trinajstić information content (AvgIpc) is 3.06. The molecule has 0 saturated carbocycles. The third-order valence-electron chi connectivity index (χ3n) is 3.42. The van der Waals surface area contributed by atoms with Gasteiger partial charge in [-0.2, -0.15) is 0 Å². The van der Waals surface area contributed by atoms with Crippen molar-refractivity contribution in [2.75, 3.05) is 5.32 Å². The van der Waals surface area contributed by atoms with Gasteiger partial charge in [0.25, 0.3) is 5.91 Å². The van der Waals surface area contributed by atoms with E-state index < -0.39 is 11.4 Å². The summed E-state index contributed by atoms with van der Waals surface area (Å²) in [7, 11) is 0. The van der Waals surface area contributed by atoms with Gasteiger partial charge in [-0.3, -0.25) is 9.78 Å². The fraction of sp³-hybridized carbons (Fsp3) is 0.188. The molecular formula is C16H15ClN6OS. The lowest BCUT2D eigenvalue weighted by atomic mass is 10.00. The first-order chi connectivity index (χ1) is 11.9. The molecule has 3 rings (SSSR count). The zero-order valence-corrected chi connectivity index (χ0v) is 15.1. The van der Waals surface area contributed by atoms with Gasteiger partial charge in [0, 0.05) is 6.20 Å². The van der Waals surface area contributed by atoms with Crippen LogP contribution in [0.3, 0.4) is 0 Å². The topological polar surface area (TPSA) is 107 Å². The van der Waals surface area contributed by atoms with Crippen LogP contribution in [0.5, 0.6) is 0 Å². The van der Waals surface area contributed by atoms with E-state index in [-0.39, 0.29) is 0 Å². The molecule has 0 saturated heterocycles. The number of aromatic nitrogens is 4. The van der Waals surface area contributed by atoms with E-state index in [9.17, 15) is 4.79 Å². The molecular weight excluding hydrogens is 360 g/mol. The van der Waals surface area contributed by atoms with Crippen molar-refractivity contribution < 1.29 is 4.79 Å². The lowest BCUT2D eigenvalue weighted by molar-refractivity contribution is 0.100. The number of amides is 1. The van der Waals surface area contributed by atoms with E-state index >= 15 is 0 Å². The van der Waals surface area contributed by atoms with E-state index in [0.29, 0.717) is 32.1 Å². The van der Waals surface area contributed by atoms with Crippen molar-refractivity contribution in [2.45, 2.75) is 19.4 Å². The minimum atomic E-state index is -0.533. The number of hydrogen-bond donors (Lipinski definition) is 2. The number of halogens is 1. The molecule has 1 amide bonds. The number of hydrogen-bond acceptors (Lipinski definition) is 7. The maximum atomic E-state index is 11.1. The highest BCUT2D eigenvalue weighted by Gasteiger charge is 2.25. The van der Waals surface area contributed by atoms with Crippen molar-refractivity contribution in [3.05, 3.63) is 52.3 Å². The molecule has 3 heterocycles. The summed E-state index contributed by atoms with van der Waals surface area (Å²) in [5.74, 6) is 0.0612. The quantitative estimate of drug-likeness (QED) is 0.710. The van der Waals surface area contributed by atoms with Crippen LogP contribution in [0.15, 0.2) is 36.7 Å². The van der Waals surface area contributed by atoms with Gasteiger partial charge in [0.1, 0.15) is 21.4 Å². The summed E-state index contributed by atoms with van der Waals surface area (Å²) in [6, 6.07) is 7.13. The summed E-state index contributed by atoms with van der Waals surface area (Å²) in [5.41, 5.74) is 5.98. The highest BCUT2D eigenvalue weighted by atomic mass is 35.5. The predicted molar refractivity (Wildman–Crippen MR) is 97.6 cm³/mol. The summed E-state index contributed by atoms with van der Waals surface area (Å²) in [4.78, 5) is 20.0. The molecule has 0 spiro atoms. The van der Waals surface area contributed by atoms with E-state index in [1.807, 2.05) is 13.8 Å². The van der Waals surface area contributed by atoms with Crippen LogP contribution < -0.4 is 11.1 Å². The van der Waals surface area contributed by atoms with Crippen molar-refractivity contribution in [1.29, 1.82) is 0 Å². The van der Waals surface area contributed by atoms with Gasteiger partial charge in [0.15, 0.2) is 0 Å². The van der Waals surface area contributed by atoms with Crippen molar-refractivity contribution in [3.8, 4) is 10.7 Å². The second kappa shape index (κ2) is 6.73. The first kappa shape index (κ1) is 17.2. The molecule has 0 unspecified atom stereocenters. The predicted octanol–water partition coefficient (Wildman–Crippen LogP) is 3.09. The number of carbonyl (C=O) groups excluding carboxylic acids is 1. The molecule has 0 aliphatic rings. The molecule has 7 nitrogen and oxygen atoms in total. The van der Waals surface area contributed by atoms with Crippen LogP contribution in [-0.2, 0) is 5.54 Å². The van der Waals surface area contributed by atoms with Crippen molar-refractivity contribution in [1.82, 2.24) is 20.2 Å². The van der Waals surface area contributed by atoms with E-state index in [4.69, 9.17) is 17.3 Å². The van der Waals surface area contributed by atoms with Gasteiger partial charge in [-0.25, -0.2) is 4.98 Å². The van der Waals surface area contributed by atoms with Crippen LogP contribution in [0, 0.1) is 0 Å². The van der Waals surface area contributed by atoms with Crippen LogP contribution in [0.1, 0.15) is 29.2 Å². The largest absolute Gasteiger partial charge is 0.365 e. The SMILES string of the molecule is CC(C)(Nc1ccc(-c2ncc(C(N)=O)s2)nn1)c1ncccc1Cl. The second-order valence-corrected chi connectivity index (χ2v) is 7.22. The maximum Gasteiger partial charge on any atom is 0.260 e. The number of nitrogens with zero attached hydrogens (tertiary/aromatic N) is 4. The van der Waals surface area contributed by atoms with Crippen molar-refractivity contribution in [2.24, 2.45) is 5.73 Å². The molecule has 0 fully saturated rings. The Bertz CT molecular complexity index is 909. The van der Waals surface area contributed by atoms with Crippen LogP contribution in [0.4, 0.5) is 5.82 Å². The summed E-state index contributed by atoms with van der Waals surface area (Å²) >= 11 is 7.40. The lowest BCUT2D eigenvalue weighted by Crippen LogP contribution is -2.30. The number of nitrogens with one attached hydrogen (secondary N) is 1. The standard InChI is InChI=1S/C16H15ClN6OS/c1-16(2,13-9(17)4-3-7-19-13)21-12-6-5-10(22-23-12)15-20-8-11(25-15)14(18)24/h3-8H,1-2H3,(H2,18,24)(H,21,23). The first-order valence-corrected chi connectivity index (χ1v) is 8.55. The van der Waals surface area contributed by atoms with Crippen LogP contribution in [0.25, 0.3) is 10.7 Å². The van der Waals surface area contributed by atoms with Gasteiger partial charge in [0.2, 0.25) is 0 Å². The Hall–Kier alpha value is -2.58. The summed E-state index contributed by atoms with van der Waals surface area (Å²) in [5, 5.41) is 12.7. The number of pyridine rings is 1. The maximum absolute atomic E-state index is 11.1. The molecule has 0 atom stereocenters. The van der Waals surface area contributed by atoms with E-state index in [1.165, 1.54) is 17.5 Å². The van der Waals surface area contributed by atoms with Gasteiger partial charge in [-0.05, 0) is 38.1 Å². The average molecular weight is 375 g/mol. The molecule has 0 aliphatic carbocycles. The molecule has 0 aliphatic heterocycles. The van der Waals surface area contributed by atoms with Gasteiger partial charge in [0.05, 0.1) is 22.5 Å². The Morgan fingerprint density at radius 3 is 2.64 bits per heavy atom. The molecule has 9 heteroatoms. The number of primary amides is 1. The Morgan fingerprint density at radius 2 is 2.04 bits per heavy atom. The fourth-order valence-electron chi connectivity index (χ4n) is 2.24. The third-order valence-corrected chi connectivity index (χ3v) is 4.76. The van der Waals surface area contributed by atoms with Crippen molar-refractivity contribution in [3.63, 3.8) is 0 Å². The van der Waals surface area contributed by atoms with E-state index in [1.54, 1.807) is 30.5 Å². The smallest absolute Gasteiger partial charge is 0.260 e. The van der Waals surface area contributed by atoms with Crippen LogP contribution in [-0.4, -0.2) is 26.1 Å². The summed E-state index contributed by atoms with van der Waals surface area (Å²) < 4.78 is 0. The van der Waals surface area contributed by atoms with Gasteiger partial charge in [-0.1, -0.05) is 11.6 Å². The molecule has 3 aromatic rings. The highest BCUT2D eigenvalue weighted by Crippen LogP contribution is 2.29. The third kappa shape index (κ3) is 3.75. The highest BCUT2D eigenvalue weighted by molar-refractivity contribution is 7.16. The Morgan fingerprint density at radius 1 is 1.24 bits per heavy atom. The molecule has 3 N–H and O–H groups in total. The molecule has 0 radical (unpaired) electrons. The van der Waals surface area contributed by atoms with Crippen LogP contribution >= 0.6 is 22.9 Å². The number of nitrogens with two attached hydrogens (primary N) is 1. The monoisotopic (exact) mass is 374 g/mol. The molecule has 0 bridgehead atoms. The number of anilines is 1. The van der Waals surface area contributed by atoms with Crippen LogP contribution in [0.2, 0.25) is 5.02 Å². The minimum absolute atomic E-state index is 0.380. The Balaban J connectivity index is 1.80. The minimum Gasteiger partial charge on any atom is -0.365 e. The fourth-order valence-corrected chi connectivity index (χ4v) is 3.34. The number of carbonyl (C=O) groups is 1. The van der Waals surface area contributed by atoms with Gasteiger partial charge >= 0.3 is 0 Å². The Kier molecular flexibility index (Phi) is 4.65. The van der Waals surface area contributed by atoms with Gasteiger partial charge in [-0.15, -0.1) is 21.5 Å². The number of thiazole rings is 1. The Labute approximate surface area is 153 Å². The normalized spacial score (nSPS) is 11.3.